The summed E-state index contributed by atoms with van der Waals surface area (Å²) in [7, 11) is 1.57. The first-order chi connectivity index (χ1) is 21.1. The maximum absolute atomic E-state index is 17.2. The van der Waals surface area contributed by atoms with Crippen LogP contribution < -0.4 is 4.74 Å². The fourth-order valence-corrected chi connectivity index (χ4v) is 7.80. The average Bonchev–Trinajstić information content (AvgIpc) is 3.39. The fourth-order valence-electron chi connectivity index (χ4n) is 7.58. The van der Waals surface area contributed by atoms with Crippen molar-refractivity contribution in [1.82, 2.24) is 14.7 Å². The lowest BCUT2D eigenvalue weighted by Gasteiger charge is -2.45. The summed E-state index contributed by atoms with van der Waals surface area (Å²) >= 11 is 5.71. The Morgan fingerprint density at radius 3 is 2.13 bits per heavy atom. The summed E-state index contributed by atoms with van der Waals surface area (Å²) in [5, 5.41) is -0.397. The van der Waals surface area contributed by atoms with Gasteiger partial charge in [-0.25, -0.2) is 4.39 Å². The molecule has 1 aliphatic carbocycles. The number of nitrogens with zero attached hydrogens (tertiary/aromatic N) is 3. The van der Waals surface area contributed by atoms with E-state index in [9.17, 15) is 22.8 Å². The number of rotatable bonds is 6. The Morgan fingerprint density at radius 2 is 1.60 bits per heavy atom. The van der Waals surface area contributed by atoms with Gasteiger partial charge in [0.2, 0.25) is 10.9 Å². The van der Waals surface area contributed by atoms with Crippen LogP contribution in [0.5, 0.6) is 5.75 Å². The van der Waals surface area contributed by atoms with Crippen LogP contribution in [0.3, 0.4) is 0 Å². The quantitative estimate of drug-likeness (QED) is 0.264. The topological polar surface area (TPSA) is 53.1 Å². The summed E-state index contributed by atoms with van der Waals surface area (Å²) in [4.78, 5) is 31.4. The van der Waals surface area contributed by atoms with Crippen LogP contribution in [0.1, 0.15) is 57.9 Å². The molecule has 1 aromatic carbocycles. The number of piperidine rings is 2. The fraction of sp³-hybridized carbons (Fsp3) is 0.647. The van der Waals surface area contributed by atoms with Crippen molar-refractivity contribution in [2.45, 2.75) is 75.8 Å². The van der Waals surface area contributed by atoms with Gasteiger partial charge in [0, 0.05) is 49.6 Å². The summed E-state index contributed by atoms with van der Waals surface area (Å²) in [6.45, 7) is 8.10. The van der Waals surface area contributed by atoms with Crippen molar-refractivity contribution in [3.05, 3.63) is 53.6 Å². The number of allylic oxidation sites excluding steroid dienone is 2. The molecule has 1 aromatic rings. The molecule has 4 atom stereocenters. The lowest BCUT2D eigenvalue weighted by molar-refractivity contribution is -0.146. The summed E-state index contributed by atoms with van der Waals surface area (Å²) in [6.07, 6.45) is 1.85. The highest BCUT2D eigenvalue weighted by Crippen LogP contribution is 2.45. The van der Waals surface area contributed by atoms with Crippen LogP contribution in [0, 0.1) is 17.8 Å². The molecule has 3 fully saturated rings. The van der Waals surface area contributed by atoms with Crippen LogP contribution in [0.4, 0.5) is 17.6 Å². The van der Waals surface area contributed by atoms with E-state index in [2.05, 4.69) is 0 Å². The Kier molecular flexibility index (Phi) is 9.79. The average molecular weight is 654 g/mol. The first-order valence-corrected chi connectivity index (χ1v) is 16.3. The molecule has 3 saturated heterocycles. The van der Waals surface area contributed by atoms with Crippen molar-refractivity contribution in [1.29, 1.82) is 0 Å². The molecule has 0 saturated carbocycles. The van der Waals surface area contributed by atoms with Gasteiger partial charge < -0.3 is 9.64 Å². The summed E-state index contributed by atoms with van der Waals surface area (Å²) < 4.78 is 63.7. The van der Waals surface area contributed by atoms with Crippen LogP contribution in [-0.4, -0.2) is 95.7 Å². The summed E-state index contributed by atoms with van der Waals surface area (Å²) in [5.74, 6) is -0.947. The van der Waals surface area contributed by atoms with Gasteiger partial charge in [-0.1, -0.05) is 30.4 Å². The second-order valence-corrected chi connectivity index (χ2v) is 14.4. The number of amides is 1. The first-order valence-electron chi connectivity index (χ1n) is 15.9. The predicted octanol–water partition coefficient (Wildman–Crippen LogP) is 6.36. The monoisotopic (exact) mass is 653 g/mol. The molecule has 0 aromatic heterocycles. The van der Waals surface area contributed by atoms with E-state index in [1.54, 1.807) is 30.2 Å². The zero-order chi connectivity index (χ0) is 32.7. The Morgan fingerprint density at radius 1 is 0.978 bits per heavy atom. The number of ether oxygens (including phenoxy) is 1. The van der Waals surface area contributed by atoms with Gasteiger partial charge in [-0.3, -0.25) is 19.4 Å². The molecule has 2 unspecified atom stereocenters. The molecule has 11 heteroatoms. The maximum atomic E-state index is 17.2. The number of benzene rings is 1. The van der Waals surface area contributed by atoms with Crippen LogP contribution in [-0.2, 0) is 9.59 Å². The molecule has 0 spiro atoms. The minimum Gasteiger partial charge on any atom is -0.497 e. The standard InChI is InChI=1S/C34H44ClF4N3O3/c1-32(2,3)42-20-28(23-5-8-26(45-4)9-6-23)33(36,21-42)31(44)41-17-11-22(12-18-41)27-10-7-25(34(37,38)39)19-29(27)40-15-13-24(14-16-40)30(35)43/h5-10,19,22,24,27-29H,11-18,20-21H2,1-4H3/t27?,28-,29?,33-/m0/s1. The predicted molar refractivity (Wildman–Crippen MR) is 166 cm³/mol. The number of likely N-dealkylation sites (tertiary alicyclic amines) is 3. The van der Waals surface area contributed by atoms with Crippen molar-refractivity contribution in [2.75, 3.05) is 46.4 Å². The third kappa shape index (κ3) is 7.13. The minimum absolute atomic E-state index is 0.00876. The van der Waals surface area contributed by atoms with Crippen molar-refractivity contribution < 1.29 is 31.9 Å². The van der Waals surface area contributed by atoms with Gasteiger partial charge >= 0.3 is 6.18 Å². The highest BCUT2D eigenvalue weighted by atomic mass is 35.5. The van der Waals surface area contributed by atoms with Crippen molar-refractivity contribution in [3.8, 4) is 5.75 Å². The van der Waals surface area contributed by atoms with Gasteiger partial charge in [0.05, 0.1) is 12.7 Å². The van der Waals surface area contributed by atoms with Crippen LogP contribution in [0.2, 0.25) is 0 Å². The zero-order valence-electron chi connectivity index (χ0n) is 26.5. The summed E-state index contributed by atoms with van der Waals surface area (Å²) in [6, 6.07) is 6.75. The number of methoxy groups -OCH3 is 1. The smallest absolute Gasteiger partial charge is 0.416 e. The van der Waals surface area contributed by atoms with Gasteiger partial charge in [-0.2, -0.15) is 13.2 Å². The molecule has 0 N–H and O–H groups in total. The van der Waals surface area contributed by atoms with E-state index in [1.807, 2.05) is 42.7 Å². The van der Waals surface area contributed by atoms with Gasteiger partial charge in [0.1, 0.15) is 5.75 Å². The van der Waals surface area contributed by atoms with Crippen LogP contribution >= 0.6 is 11.6 Å². The number of hydrogen-bond acceptors (Lipinski definition) is 5. The Bertz CT molecular complexity index is 1290. The number of hydrogen-bond donors (Lipinski definition) is 0. The van der Waals surface area contributed by atoms with E-state index in [0.29, 0.717) is 64.2 Å². The number of carbonyl (C=O) groups excluding carboxylic acids is 2. The van der Waals surface area contributed by atoms with E-state index in [-0.39, 0.29) is 29.8 Å². The van der Waals surface area contributed by atoms with Crippen LogP contribution in [0.15, 0.2) is 48.1 Å². The molecule has 45 heavy (non-hydrogen) atoms. The first kappa shape index (κ1) is 33.9. The molecule has 3 aliphatic heterocycles. The van der Waals surface area contributed by atoms with Gasteiger partial charge in [0.25, 0.3) is 5.91 Å². The Balaban J connectivity index is 1.31. The van der Waals surface area contributed by atoms with Crippen molar-refractivity contribution >= 4 is 22.8 Å². The largest absolute Gasteiger partial charge is 0.497 e. The third-order valence-electron chi connectivity index (χ3n) is 10.4. The van der Waals surface area contributed by atoms with E-state index in [0.717, 1.165) is 5.56 Å². The lowest BCUT2D eigenvalue weighted by atomic mass is 9.75. The number of halogens is 5. The van der Waals surface area contributed by atoms with E-state index >= 15 is 4.39 Å². The molecule has 4 aliphatic rings. The highest BCUT2D eigenvalue weighted by Gasteiger charge is 2.57. The normalized spacial score (nSPS) is 29.6. The molecule has 0 radical (unpaired) electrons. The van der Waals surface area contributed by atoms with Crippen LogP contribution in [0.25, 0.3) is 0 Å². The molecule has 6 nitrogen and oxygen atoms in total. The lowest BCUT2D eigenvalue weighted by Crippen LogP contribution is -2.54. The number of alkyl halides is 4. The van der Waals surface area contributed by atoms with E-state index < -0.39 is 40.5 Å². The SMILES string of the molecule is COc1ccc([C@@H]2CN(C(C)(C)C)C[C@@]2(F)C(=O)N2CCC(C3C=CC(C(F)(F)F)=CC3N3CCC(C(=O)Cl)CC3)CC2)cc1. The highest BCUT2D eigenvalue weighted by molar-refractivity contribution is 6.64. The zero-order valence-corrected chi connectivity index (χ0v) is 27.2. The van der Waals surface area contributed by atoms with Crippen molar-refractivity contribution in [3.63, 3.8) is 0 Å². The van der Waals surface area contributed by atoms with Gasteiger partial charge in [-0.15, -0.1) is 0 Å². The minimum atomic E-state index is -4.46. The third-order valence-corrected chi connectivity index (χ3v) is 10.7. The maximum Gasteiger partial charge on any atom is 0.416 e. The van der Waals surface area contributed by atoms with Gasteiger partial charge in [-0.05, 0) is 101 Å². The summed E-state index contributed by atoms with van der Waals surface area (Å²) in [5.41, 5.74) is -2.37. The van der Waals surface area contributed by atoms with Crippen molar-refractivity contribution in [2.24, 2.45) is 17.8 Å². The molecule has 0 bridgehead atoms. The molecule has 3 heterocycles. The molecular weight excluding hydrogens is 610 g/mol. The van der Waals surface area contributed by atoms with E-state index in [1.165, 1.54) is 12.2 Å². The molecule has 248 valence electrons. The second-order valence-electron chi connectivity index (χ2n) is 14.0. The molecule has 5 rings (SSSR count). The van der Waals surface area contributed by atoms with Gasteiger partial charge in [0.15, 0.2) is 0 Å². The Hall–Kier alpha value is -2.43. The van der Waals surface area contributed by atoms with E-state index in [4.69, 9.17) is 16.3 Å². The Labute approximate surface area is 268 Å². The number of carbonyl (C=O) groups is 2. The molecular formula is C34H44ClF4N3O3. The molecule has 1 amide bonds. The second kappa shape index (κ2) is 13.0.